The number of benzene rings is 1. The normalized spacial score (nSPS) is 11.4. The van der Waals surface area contributed by atoms with Gasteiger partial charge in [0.1, 0.15) is 11.6 Å². The Bertz CT molecular complexity index is 445. The van der Waals surface area contributed by atoms with Crippen LogP contribution in [0.2, 0.25) is 0 Å². The van der Waals surface area contributed by atoms with Crippen molar-refractivity contribution in [3.63, 3.8) is 0 Å². The Morgan fingerprint density at radius 3 is 2.93 bits per heavy atom. The molecule has 74 valence electrons. The van der Waals surface area contributed by atoms with Gasteiger partial charge < -0.3 is 4.98 Å². The van der Waals surface area contributed by atoms with Crippen LogP contribution >= 0.6 is 0 Å². The Kier molecular flexibility index (Phi) is 2.23. The molecule has 0 spiro atoms. The van der Waals surface area contributed by atoms with Gasteiger partial charge in [-0.05, 0) is 18.1 Å². The van der Waals surface area contributed by atoms with Crippen molar-refractivity contribution in [3.05, 3.63) is 29.8 Å². The summed E-state index contributed by atoms with van der Waals surface area (Å²) in [6, 6.07) is 4.62. The van der Waals surface area contributed by atoms with Gasteiger partial charge >= 0.3 is 0 Å². The van der Waals surface area contributed by atoms with Crippen molar-refractivity contribution in [2.45, 2.75) is 20.3 Å². The van der Waals surface area contributed by atoms with Gasteiger partial charge in [0.25, 0.3) is 0 Å². The number of halogens is 1. The lowest BCUT2D eigenvalue weighted by molar-refractivity contribution is 0.626. The Morgan fingerprint density at radius 2 is 2.21 bits per heavy atom. The minimum atomic E-state index is -0.236. The highest BCUT2D eigenvalue weighted by Gasteiger charge is 2.05. The van der Waals surface area contributed by atoms with E-state index in [-0.39, 0.29) is 5.82 Å². The molecule has 0 atom stereocenters. The van der Waals surface area contributed by atoms with Crippen molar-refractivity contribution in [2.24, 2.45) is 5.92 Å². The molecule has 14 heavy (non-hydrogen) atoms. The Labute approximate surface area is 82.2 Å². The molecule has 0 bridgehead atoms. The smallest absolute Gasteiger partial charge is 0.125 e. The minimum Gasteiger partial charge on any atom is -0.342 e. The van der Waals surface area contributed by atoms with E-state index in [1.54, 1.807) is 6.07 Å². The third kappa shape index (κ3) is 1.76. The van der Waals surface area contributed by atoms with Crippen LogP contribution in [-0.2, 0) is 6.42 Å². The van der Waals surface area contributed by atoms with Crippen molar-refractivity contribution in [1.29, 1.82) is 0 Å². The molecule has 2 rings (SSSR count). The molecule has 3 heteroatoms. The summed E-state index contributed by atoms with van der Waals surface area (Å²) >= 11 is 0. The van der Waals surface area contributed by atoms with Gasteiger partial charge in [-0.1, -0.05) is 13.8 Å². The Morgan fingerprint density at radius 1 is 1.43 bits per heavy atom. The molecule has 0 amide bonds. The number of fused-ring (bicyclic) bond motifs is 1. The van der Waals surface area contributed by atoms with Crippen LogP contribution in [0.15, 0.2) is 18.2 Å². The standard InChI is InChI=1S/C11H13FN2/c1-7(2)5-11-13-9-4-3-8(12)6-10(9)14-11/h3-4,6-7H,5H2,1-2H3,(H,13,14). The molecule has 0 aliphatic rings. The average molecular weight is 192 g/mol. The molecule has 1 aromatic heterocycles. The number of imidazole rings is 1. The van der Waals surface area contributed by atoms with Crippen molar-refractivity contribution in [3.8, 4) is 0 Å². The average Bonchev–Trinajstić information content (AvgIpc) is 2.44. The van der Waals surface area contributed by atoms with Crippen LogP contribution in [0, 0.1) is 11.7 Å². The van der Waals surface area contributed by atoms with Gasteiger partial charge in [-0.25, -0.2) is 9.37 Å². The molecular formula is C11H13FN2. The third-order valence-electron chi connectivity index (χ3n) is 2.10. The molecule has 0 saturated heterocycles. The molecular weight excluding hydrogens is 179 g/mol. The lowest BCUT2D eigenvalue weighted by Crippen LogP contribution is -1.95. The summed E-state index contributed by atoms with van der Waals surface area (Å²) in [5, 5.41) is 0. The number of hydrogen-bond acceptors (Lipinski definition) is 1. The van der Waals surface area contributed by atoms with Gasteiger partial charge in [0.05, 0.1) is 11.0 Å². The summed E-state index contributed by atoms with van der Waals surface area (Å²) in [6.07, 6.45) is 0.899. The van der Waals surface area contributed by atoms with Gasteiger partial charge in [0, 0.05) is 12.5 Å². The molecule has 2 nitrogen and oxygen atoms in total. The molecule has 0 saturated carbocycles. The highest BCUT2D eigenvalue weighted by atomic mass is 19.1. The number of nitrogens with one attached hydrogen (secondary N) is 1. The fourth-order valence-corrected chi connectivity index (χ4v) is 1.52. The SMILES string of the molecule is CC(C)Cc1nc2cc(F)ccc2[nH]1. The largest absolute Gasteiger partial charge is 0.342 e. The quantitative estimate of drug-likeness (QED) is 0.778. The molecule has 1 N–H and O–H groups in total. The third-order valence-corrected chi connectivity index (χ3v) is 2.10. The van der Waals surface area contributed by atoms with Crippen molar-refractivity contribution >= 4 is 11.0 Å². The number of hydrogen-bond donors (Lipinski definition) is 1. The van der Waals surface area contributed by atoms with E-state index in [1.807, 2.05) is 0 Å². The van der Waals surface area contributed by atoms with Crippen molar-refractivity contribution in [1.82, 2.24) is 9.97 Å². The fraction of sp³-hybridized carbons (Fsp3) is 0.364. The van der Waals surface area contributed by atoms with Gasteiger partial charge in [-0.2, -0.15) is 0 Å². The zero-order chi connectivity index (χ0) is 10.1. The van der Waals surface area contributed by atoms with E-state index in [4.69, 9.17) is 0 Å². The molecule has 0 fully saturated rings. The van der Waals surface area contributed by atoms with E-state index < -0.39 is 0 Å². The van der Waals surface area contributed by atoms with E-state index >= 15 is 0 Å². The number of aromatic nitrogens is 2. The number of H-pyrrole nitrogens is 1. The van der Waals surface area contributed by atoms with Gasteiger partial charge in [0.2, 0.25) is 0 Å². The summed E-state index contributed by atoms with van der Waals surface area (Å²) < 4.78 is 12.9. The summed E-state index contributed by atoms with van der Waals surface area (Å²) in [4.78, 5) is 7.49. The predicted molar refractivity (Wildman–Crippen MR) is 54.6 cm³/mol. The minimum absolute atomic E-state index is 0.236. The second-order valence-electron chi connectivity index (χ2n) is 3.94. The van der Waals surface area contributed by atoms with Crippen LogP contribution in [0.5, 0.6) is 0 Å². The van der Waals surface area contributed by atoms with Crippen LogP contribution in [0.1, 0.15) is 19.7 Å². The first-order valence-corrected chi connectivity index (χ1v) is 4.79. The molecule has 2 aromatic rings. The zero-order valence-corrected chi connectivity index (χ0v) is 8.34. The van der Waals surface area contributed by atoms with E-state index in [0.717, 1.165) is 17.8 Å². The Balaban J connectivity index is 2.41. The van der Waals surface area contributed by atoms with Gasteiger partial charge in [-0.15, -0.1) is 0 Å². The first kappa shape index (κ1) is 9.19. The summed E-state index contributed by atoms with van der Waals surface area (Å²) in [6.45, 7) is 4.27. The maximum atomic E-state index is 12.9. The maximum absolute atomic E-state index is 12.9. The molecule has 0 unspecified atom stereocenters. The highest BCUT2D eigenvalue weighted by molar-refractivity contribution is 5.74. The fourth-order valence-electron chi connectivity index (χ4n) is 1.52. The monoisotopic (exact) mass is 192 g/mol. The van der Waals surface area contributed by atoms with Gasteiger partial charge in [0.15, 0.2) is 0 Å². The second kappa shape index (κ2) is 3.40. The molecule has 1 aromatic carbocycles. The van der Waals surface area contributed by atoms with Crippen molar-refractivity contribution in [2.75, 3.05) is 0 Å². The summed E-state index contributed by atoms with van der Waals surface area (Å²) in [7, 11) is 0. The van der Waals surface area contributed by atoms with E-state index in [2.05, 4.69) is 23.8 Å². The zero-order valence-electron chi connectivity index (χ0n) is 8.34. The van der Waals surface area contributed by atoms with E-state index in [1.165, 1.54) is 12.1 Å². The predicted octanol–water partition coefficient (Wildman–Crippen LogP) is 2.90. The van der Waals surface area contributed by atoms with Crippen LogP contribution < -0.4 is 0 Å². The second-order valence-corrected chi connectivity index (χ2v) is 3.94. The maximum Gasteiger partial charge on any atom is 0.125 e. The highest BCUT2D eigenvalue weighted by Crippen LogP contribution is 2.14. The first-order chi connectivity index (χ1) is 6.65. The van der Waals surface area contributed by atoms with Crippen molar-refractivity contribution < 1.29 is 4.39 Å². The topological polar surface area (TPSA) is 28.7 Å². The van der Waals surface area contributed by atoms with Crippen LogP contribution in [0.3, 0.4) is 0 Å². The molecule has 0 aliphatic heterocycles. The number of rotatable bonds is 2. The molecule has 1 heterocycles. The summed E-state index contributed by atoms with van der Waals surface area (Å²) in [5.41, 5.74) is 1.61. The van der Waals surface area contributed by atoms with Gasteiger partial charge in [-0.3, -0.25) is 0 Å². The van der Waals surface area contributed by atoms with Crippen LogP contribution in [0.25, 0.3) is 11.0 Å². The first-order valence-electron chi connectivity index (χ1n) is 4.79. The van der Waals surface area contributed by atoms with E-state index in [9.17, 15) is 4.39 Å². The van der Waals surface area contributed by atoms with E-state index in [0.29, 0.717) is 11.4 Å². The molecule has 0 aliphatic carbocycles. The molecule has 0 radical (unpaired) electrons. The Hall–Kier alpha value is -1.38. The lowest BCUT2D eigenvalue weighted by atomic mass is 10.1. The number of nitrogens with zero attached hydrogens (tertiary/aromatic N) is 1. The lowest BCUT2D eigenvalue weighted by Gasteiger charge is -1.98. The number of aromatic amines is 1. The van der Waals surface area contributed by atoms with Crippen LogP contribution in [-0.4, -0.2) is 9.97 Å². The van der Waals surface area contributed by atoms with Crippen LogP contribution in [0.4, 0.5) is 4.39 Å². The summed E-state index contributed by atoms with van der Waals surface area (Å²) in [5.74, 6) is 1.25.